The summed E-state index contributed by atoms with van der Waals surface area (Å²) in [5.41, 5.74) is 7.14. The number of H-pyrrole nitrogens is 1. The van der Waals surface area contributed by atoms with E-state index in [0.29, 0.717) is 13.1 Å². The monoisotopic (exact) mass is 400 g/mol. The highest BCUT2D eigenvalue weighted by Crippen LogP contribution is 2.20. The van der Waals surface area contributed by atoms with Crippen molar-refractivity contribution >= 4 is 17.4 Å². The number of carbonyl (C=O) groups is 1. The van der Waals surface area contributed by atoms with Crippen molar-refractivity contribution in [1.29, 1.82) is 0 Å². The molecule has 0 atom stereocenters. The number of aromatic nitrogens is 2. The lowest BCUT2D eigenvalue weighted by Crippen LogP contribution is -2.42. The Kier molecular flexibility index (Phi) is 8.24. The number of hydrogen-bond donors (Lipinski definition) is 2. The van der Waals surface area contributed by atoms with Crippen molar-refractivity contribution < 1.29 is 4.79 Å². The van der Waals surface area contributed by atoms with Crippen LogP contribution in [0.3, 0.4) is 0 Å². The molecule has 1 aromatic heterocycles. The summed E-state index contributed by atoms with van der Waals surface area (Å²) < 4.78 is 1.35. The molecule has 0 aliphatic heterocycles. The highest BCUT2D eigenvalue weighted by Gasteiger charge is 2.24. The SMILES string of the molecule is CCCCCN(C(=O)Cc1ccc(C)cc1)c1c(N)n(CCCC)c(=O)[nH]c1=O. The zero-order chi connectivity index (χ0) is 21.4. The third-order valence-electron chi connectivity index (χ3n) is 4.98. The molecular weight excluding hydrogens is 368 g/mol. The van der Waals surface area contributed by atoms with E-state index in [2.05, 4.69) is 11.9 Å². The number of carbonyl (C=O) groups excluding carboxylic acids is 1. The van der Waals surface area contributed by atoms with Crippen LogP contribution in [0.5, 0.6) is 0 Å². The zero-order valence-corrected chi connectivity index (χ0v) is 17.7. The Labute approximate surface area is 171 Å². The normalized spacial score (nSPS) is 10.9. The van der Waals surface area contributed by atoms with Gasteiger partial charge in [-0.2, -0.15) is 0 Å². The predicted octanol–water partition coefficient (Wildman–Crippen LogP) is 2.99. The zero-order valence-electron chi connectivity index (χ0n) is 17.7. The van der Waals surface area contributed by atoms with Crippen LogP contribution in [-0.2, 0) is 17.8 Å². The van der Waals surface area contributed by atoms with Gasteiger partial charge in [0.2, 0.25) is 5.91 Å². The Bertz CT molecular complexity index is 929. The van der Waals surface area contributed by atoms with Crippen molar-refractivity contribution in [3.63, 3.8) is 0 Å². The molecule has 0 spiro atoms. The number of aromatic amines is 1. The van der Waals surface area contributed by atoms with Crippen molar-refractivity contribution in [3.05, 3.63) is 56.2 Å². The Morgan fingerprint density at radius 1 is 1.07 bits per heavy atom. The smallest absolute Gasteiger partial charge is 0.330 e. The second kappa shape index (κ2) is 10.6. The highest BCUT2D eigenvalue weighted by atomic mass is 16.2. The minimum Gasteiger partial charge on any atom is -0.383 e. The molecule has 0 bridgehead atoms. The first-order valence-corrected chi connectivity index (χ1v) is 10.4. The third-order valence-corrected chi connectivity index (χ3v) is 4.98. The molecule has 158 valence electrons. The van der Waals surface area contributed by atoms with Gasteiger partial charge in [-0.05, 0) is 25.3 Å². The quantitative estimate of drug-likeness (QED) is 0.599. The fourth-order valence-electron chi connectivity index (χ4n) is 3.23. The summed E-state index contributed by atoms with van der Waals surface area (Å²) in [5.74, 6) is -0.149. The lowest BCUT2D eigenvalue weighted by molar-refractivity contribution is -0.118. The van der Waals surface area contributed by atoms with Crippen molar-refractivity contribution in [2.75, 3.05) is 17.2 Å². The standard InChI is InChI=1S/C22H32N4O3/c1-4-6-8-14-25(18(27)15-17-11-9-16(3)10-12-17)19-20(23)26(13-7-5-2)22(29)24-21(19)28/h9-12H,4-8,13-15,23H2,1-3H3,(H,24,28,29). The lowest BCUT2D eigenvalue weighted by atomic mass is 10.1. The summed E-state index contributed by atoms with van der Waals surface area (Å²) in [5, 5.41) is 0. The molecule has 0 saturated heterocycles. The van der Waals surface area contributed by atoms with E-state index in [9.17, 15) is 14.4 Å². The molecule has 0 unspecified atom stereocenters. The molecule has 7 heteroatoms. The number of nitrogens with zero attached hydrogens (tertiary/aromatic N) is 2. The van der Waals surface area contributed by atoms with Gasteiger partial charge in [0.25, 0.3) is 5.56 Å². The van der Waals surface area contributed by atoms with Gasteiger partial charge in [-0.3, -0.25) is 19.1 Å². The number of amides is 1. The number of nitrogen functional groups attached to an aromatic ring is 1. The summed E-state index contributed by atoms with van der Waals surface area (Å²) in [6.45, 7) is 6.86. The van der Waals surface area contributed by atoms with Gasteiger partial charge >= 0.3 is 5.69 Å². The molecule has 1 heterocycles. The van der Waals surface area contributed by atoms with Gasteiger partial charge in [0, 0.05) is 13.1 Å². The lowest BCUT2D eigenvalue weighted by Gasteiger charge is -2.24. The molecule has 3 N–H and O–H groups in total. The molecule has 0 fully saturated rings. The molecule has 2 aromatic rings. The average molecular weight is 401 g/mol. The largest absolute Gasteiger partial charge is 0.383 e. The second-order valence-electron chi connectivity index (χ2n) is 7.41. The maximum absolute atomic E-state index is 13.1. The number of unbranched alkanes of at least 4 members (excludes halogenated alkanes) is 3. The van der Waals surface area contributed by atoms with Crippen LogP contribution in [-0.4, -0.2) is 22.0 Å². The highest BCUT2D eigenvalue weighted by molar-refractivity contribution is 5.96. The topological polar surface area (TPSA) is 101 Å². The van der Waals surface area contributed by atoms with Crippen molar-refractivity contribution in [3.8, 4) is 0 Å². The van der Waals surface area contributed by atoms with Crippen LogP contribution >= 0.6 is 0 Å². The summed E-state index contributed by atoms with van der Waals surface area (Å²) in [4.78, 5) is 41.8. The van der Waals surface area contributed by atoms with Crippen LogP contribution in [0.1, 0.15) is 57.1 Å². The first-order valence-electron chi connectivity index (χ1n) is 10.4. The van der Waals surface area contributed by atoms with Crippen LogP contribution in [0.2, 0.25) is 0 Å². The van der Waals surface area contributed by atoms with Crippen LogP contribution < -0.4 is 21.9 Å². The summed E-state index contributed by atoms with van der Waals surface area (Å²) in [6.07, 6.45) is 4.47. The first kappa shape index (κ1) is 22.5. The van der Waals surface area contributed by atoms with Crippen LogP contribution in [0.25, 0.3) is 0 Å². The van der Waals surface area contributed by atoms with E-state index in [1.54, 1.807) is 0 Å². The molecular formula is C22H32N4O3. The van der Waals surface area contributed by atoms with E-state index in [1.165, 1.54) is 9.47 Å². The van der Waals surface area contributed by atoms with Gasteiger partial charge < -0.3 is 10.6 Å². The Morgan fingerprint density at radius 3 is 2.34 bits per heavy atom. The molecule has 1 aromatic carbocycles. The Hall–Kier alpha value is -2.83. The molecule has 7 nitrogen and oxygen atoms in total. The molecule has 0 saturated carbocycles. The Morgan fingerprint density at radius 2 is 1.72 bits per heavy atom. The van der Waals surface area contributed by atoms with Crippen molar-refractivity contribution in [2.45, 2.75) is 65.8 Å². The van der Waals surface area contributed by atoms with E-state index in [0.717, 1.165) is 43.2 Å². The number of nitrogens with two attached hydrogens (primary N) is 1. The predicted molar refractivity (Wildman–Crippen MR) is 117 cm³/mol. The number of benzene rings is 1. The second-order valence-corrected chi connectivity index (χ2v) is 7.41. The molecule has 29 heavy (non-hydrogen) atoms. The van der Waals surface area contributed by atoms with E-state index in [1.807, 2.05) is 38.1 Å². The molecule has 0 radical (unpaired) electrons. The Balaban J connectivity index is 2.42. The molecule has 0 aliphatic carbocycles. The number of hydrogen-bond acceptors (Lipinski definition) is 4. The van der Waals surface area contributed by atoms with Crippen LogP contribution in [0.15, 0.2) is 33.9 Å². The first-order chi connectivity index (χ1) is 13.9. The van der Waals surface area contributed by atoms with Gasteiger partial charge in [-0.25, -0.2) is 4.79 Å². The summed E-state index contributed by atoms with van der Waals surface area (Å²) in [7, 11) is 0. The van der Waals surface area contributed by atoms with Gasteiger partial charge in [-0.15, -0.1) is 0 Å². The minimum atomic E-state index is -0.617. The van der Waals surface area contributed by atoms with Gasteiger partial charge in [-0.1, -0.05) is 62.9 Å². The molecule has 2 rings (SSSR count). The fraction of sp³-hybridized carbons (Fsp3) is 0.500. The van der Waals surface area contributed by atoms with E-state index in [-0.39, 0.29) is 23.8 Å². The van der Waals surface area contributed by atoms with Gasteiger partial charge in [0.1, 0.15) is 5.82 Å². The maximum Gasteiger partial charge on any atom is 0.330 e. The van der Waals surface area contributed by atoms with E-state index < -0.39 is 11.2 Å². The summed E-state index contributed by atoms with van der Waals surface area (Å²) in [6, 6.07) is 7.73. The molecule has 0 aliphatic rings. The number of aryl methyl sites for hydroxylation is 1. The summed E-state index contributed by atoms with van der Waals surface area (Å²) >= 11 is 0. The van der Waals surface area contributed by atoms with E-state index in [4.69, 9.17) is 5.73 Å². The number of nitrogens with one attached hydrogen (secondary N) is 1. The fourth-order valence-corrected chi connectivity index (χ4v) is 3.23. The average Bonchev–Trinajstić information content (AvgIpc) is 2.68. The maximum atomic E-state index is 13.1. The number of anilines is 2. The van der Waals surface area contributed by atoms with E-state index >= 15 is 0 Å². The minimum absolute atomic E-state index is 0.0564. The third kappa shape index (κ3) is 5.82. The van der Waals surface area contributed by atoms with Crippen LogP contribution in [0, 0.1) is 6.92 Å². The molecule has 1 amide bonds. The van der Waals surface area contributed by atoms with Gasteiger partial charge in [0.05, 0.1) is 6.42 Å². The van der Waals surface area contributed by atoms with Gasteiger partial charge in [0.15, 0.2) is 5.69 Å². The number of rotatable bonds is 10. The van der Waals surface area contributed by atoms with Crippen molar-refractivity contribution in [2.24, 2.45) is 0 Å². The van der Waals surface area contributed by atoms with Crippen molar-refractivity contribution in [1.82, 2.24) is 9.55 Å². The van der Waals surface area contributed by atoms with Crippen LogP contribution in [0.4, 0.5) is 11.5 Å².